The van der Waals surface area contributed by atoms with Crippen molar-refractivity contribution in [3.8, 4) is 0 Å². The number of hydrogen-bond donors (Lipinski definition) is 2. The monoisotopic (exact) mass is 312 g/mol. The molecule has 4 nitrogen and oxygen atoms in total. The number of ether oxygens (including phenoxy) is 1. The standard InChI is InChI=1S/C13H17BrN2O2/c1-2-3-4-7-18-9-11-6-5-10(8-12(11)14)13(17)16-15/h2,5-6,8H,1,3-4,7,9,15H2,(H,16,17). The Morgan fingerprint density at radius 1 is 1.56 bits per heavy atom. The second-order valence-electron chi connectivity index (χ2n) is 3.76. The number of carbonyl (C=O) groups is 1. The van der Waals surface area contributed by atoms with Gasteiger partial charge in [0.1, 0.15) is 0 Å². The number of carbonyl (C=O) groups excluding carboxylic acids is 1. The fourth-order valence-corrected chi connectivity index (χ4v) is 1.89. The molecule has 0 atom stereocenters. The third-order valence-corrected chi connectivity index (χ3v) is 3.14. The topological polar surface area (TPSA) is 64.3 Å². The van der Waals surface area contributed by atoms with Crippen LogP contribution in [-0.2, 0) is 11.3 Å². The average molecular weight is 313 g/mol. The van der Waals surface area contributed by atoms with Crippen LogP contribution in [0.25, 0.3) is 0 Å². The van der Waals surface area contributed by atoms with Crippen LogP contribution in [0.4, 0.5) is 0 Å². The molecule has 1 amide bonds. The van der Waals surface area contributed by atoms with Gasteiger partial charge in [-0.2, -0.15) is 0 Å². The lowest BCUT2D eigenvalue weighted by atomic mass is 10.1. The number of rotatable bonds is 7. The van der Waals surface area contributed by atoms with Gasteiger partial charge in [-0.1, -0.05) is 28.1 Å². The Labute approximate surface area is 115 Å². The fraction of sp³-hybridized carbons (Fsp3) is 0.308. The van der Waals surface area contributed by atoms with Gasteiger partial charge in [-0.15, -0.1) is 6.58 Å². The van der Waals surface area contributed by atoms with Crippen LogP contribution >= 0.6 is 15.9 Å². The predicted molar refractivity (Wildman–Crippen MR) is 74.9 cm³/mol. The van der Waals surface area contributed by atoms with E-state index in [0.29, 0.717) is 18.8 Å². The second-order valence-corrected chi connectivity index (χ2v) is 4.62. The van der Waals surface area contributed by atoms with Gasteiger partial charge in [-0.3, -0.25) is 10.2 Å². The molecule has 1 rings (SSSR count). The van der Waals surface area contributed by atoms with Gasteiger partial charge in [0.25, 0.3) is 5.91 Å². The molecule has 0 fully saturated rings. The molecule has 5 heteroatoms. The first-order valence-electron chi connectivity index (χ1n) is 5.67. The fourth-order valence-electron chi connectivity index (χ4n) is 1.40. The SMILES string of the molecule is C=CCCCOCc1ccc(C(=O)NN)cc1Br. The maximum atomic E-state index is 11.3. The van der Waals surface area contributed by atoms with Crippen LogP contribution in [0.1, 0.15) is 28.8 Å². The summed E-state index contributed by atoms with van der Waals surface area (Å²) in [5.74, 6) is 4.76. The zero-order valence-corrected chi connectivity index (χ0v) is 11.7. The third-order valence-electron chi connectivity index (χ3n) is 2.40. The van der Waals surface area contributed by atoms with Gasteiger partial charge in [0.2, 0.25) is 0 Å². The first-order chi connectivity index (χ1) is 8.69. The van der Waals surface area contributed by atoms with Crippen LogP contribution in [0.15, 0.2) is 35.3 Å². The highest BCUT2D eigenvalue weighted by Crippen LogP contribution is 2.19. The highest BCUT2D eigenvalue weighted by Gasteiger charge is 2.07. The summed E-state index contributed by atoms with van der Waals surface area (Å²) in [6.07, 6.45) is 3.80. The van der Waals surface area contributed by atoms with E-state index < -0.39 is 0 Å². The van der Waals surface area contributed by atoms with E-state index in [1.807, 2.05) is 12.1 Å². The Bertz CT molecular complexity index is 421. The molecule has 0 saturated carbocycles. The van der Waals surface area contributed by atoms with Crippen molar-refractivity contribution in [1.82, 2.24) is 5.43 Å². The van der Waals surface area contributed by atoms with Gasteiger partial charge in [-0.25, -0.2) is 5.84 Å². The molecule has 0 unspecified atom stereocenters. The van der Waals surface area contributed by atoms with Crippen LogP contribution in [-0.4, -0.2) is 12.5 Å². The summed E-state index contributed by atoms with van der Waals surface area (Å²) in [7, 11) is 0. The normalized spacial score (nSPS) is 10.1. The summed E-state index contributed by atoms with van der Waals surface area (Å²) in [5.41, 5.74) is 3.61. The summed E-state index contributed by atoms with van der Waals surface area (Å²) in [4.78, 5) is 11.3. The largest absolute Gasteiger partial charge is 0.377 e. The molecule has 0 bridgehead atoms. The van der Waals surface area contributed by atoms with Gasteiger partial charge in [0, 0.05) is 16.6 Å². The molecule has 3 N–H and O–H groups in total. The van der Waals surface area contributed by atoms with E-state index in [-0.39, 0.29) is 5.91 Å². The molecular formula is C13H17BrN2O2. The van der Waals surface area contributed by atoms with E-state index in [4.69, 9.17) is 10.6 Å². The third kappa shape index (κ3) is 4.60. The molecule has 1 aromatic rings. The van der Waals surface area contributed by atoms with Gasteiger partial charge < -0.3 is 4.74 Å². The number of unbranched alkanes of at least 4 members (excludes halogenated alkanes) is 1. The molecule has 0 aliphatic rings. The molecule has 1 aromatic carbocycles. The molecule has 0 saturated heterocycles. The van der Waals surface area contributed by atoms with E-state index in [2.05, 4.69) is 27.9 Å². The number of benzene rings is 1. The number of halogens is 1. The number of nitrogen functional groups attached to an aromatic ring is 1. The van der Waals surface area contributed by atoms with Crippen molar-refractivity contribution in [3.63, 3.8) is 0 Å². The van der Waals surface area contributed by atoms with Crippen molar-refractivity contribution in [2.24, 2.45) is 5.84 Å². The highest BCUT2D eigenvalue weighted by atomic mass is 79.9. The molecule has 0 aliphatic heterocycles. The maximum absolute atomic E-state index is 11.3. The smallest absolute Gasteiger partial charge is 0.265 e. The molecule has 0 heterocycles. The minimum absolute atomic E-state index is 0.311. The van der Waals surface area contributed by atoms with Crippen LogP contribution in [0, 0.1) is 0 Å². The summed E-state index contributed by atoms with van der Waals surface area (Å²) in [6.45, 7) is 4.87. The Hall–Kier alpha value is -1.17. The lowest BCUT2D eigenvalue weighted by Gasteiger charge is -2.07. The minimum Gasteiger partial charge on any atom is -0.377 e. The number of amides is 1. The predicted octanol–water partition coefficient (Wildman–Crippen LogP) is 2.54. The molecule has 0 aliphatic carbocycles. The molecule has 0 radical (unpaired) electrons. The Balaban J connectivity index is 2.52. The summed E-state index contributed by atoms with van der Waals surface area (Å²) < 4.78 is 6.37. The average Bonchev–Trinajstić information content (AvgIpc) is 2.39. The lowest BCUT2D eigenvalue weighted by molar-refractivity contribution is 0.0953. The van der Waals surface area contributed by atoms with Crippen molar-refractivity contribution in [1.29, 1.82) is 0 Å². The van der Waals surface area contributed by atoms with Crippen LogP contribution in [0.3, 0.4) is 0 Å². The number of hydrogen-bond acceptors (Lipinski definition) is 3. The lowest BCUT2D eigenvalue weighted by Crippen LogP contribution is -2.29. The Morgan fingerprint density at radius 2 is 2.33 bits per heavy atom. The van der Waals surface area contributed by atoms with Crippen molar-refractivity contribution < 1.29 is 9.53 Å². The van der Waals surface area contributed by atoms with E-state index in [9.17, 15) is 4.79 Å². The van der Waals surface area contributed by atoms with E-state index in [1.54, 1.807) is 12.1 Å². The number of hydrazine groups is 1. The van der Waals surface area contributed by atoms with E-state index in [1.165, 1.54) is 0 Å². The first kappa shape index (κ1) is 14.9. The van der Waals surface area contributed by atoms with Crippen LogP contribution in [0.2, 0.25) is 0 Å². The van der Waals surface area contributed by atoms with Crippen molar-refractivity contribution in [2.75, 3.05) is 6.61 Å². The van der Waals surface area contributed by atoms with E-state index >= 15 is 0 Å². The maximum Gasteiger partial charge on any atom is 0.265 e. The van der Waals surface area contributed by atoms with Gasteiger partial charge in [0.05, 0.1) is 6.61 Å². The summed E-state index contributed by atoms with van der Waals surface area (Å²) in [5, 5.41) is 0. The van der Waals surface area contributed by atoms with Crippen LogP contribution < -0.4 is 11.3 Å². The number of nitrogens with one attached hydrogen (secondary N) is 1. The number of nitrogens with two attached hydrogens (primary N) is 1. The molecule has 18 heavy (non-hydrogen) atoms. The number of allylic oxidation sites excluding steroid dienone is 1. The van der Waals surface area contributed by atoms with Crippen molar-refractivity contribution in [3.05, 3.63) is 46.5 Å². The highest BCUT2D eigenvalue weighted by molar-refractivity contribution is 9.10. The Morgan fingerprint density at radius 3 is 2.94 bits per heavy atom. The zero-order valence-electron chi connectivity index (χ0n) is 10.1. The van der Waals surface area contributed by atoms with E-state index in [0.717, 1.165) is 22.9 Å². The van der Waals surface area contributed by atoms with Gasteiger partial charge in [-0.05, 0) is 30.5 Å². The summed E-state index contributed by atoms with van der Waals surface area (Å²) >= 11 is 3.41. The molecule has 0 aromatic heterocycles. The van der Waals surface area contributed by atoms with Crippen LogP contribution in [0.5, 0.6) is 0 Å². The second kappa shape index (κ2) is 8.02. The molecular weight excluding hydrogens is 296 g/mol. The molecule has 0 spiro atoms. The first-order valence-corrected chi connectivity index (χ1v) is 6.46. The van der Waals surface area contributed by atoms with Crippen molar-refractivity contribution >= 4 is 21.8 Å². The minimum atomic E-state index is -0.311. The quantitative estimate of drug-likeness (QED) is 0.267. The van der Waals surface area contributed by atoms with Crippen molar-refractivity contribution in [2.45, 2.75) is 19.4 Å². The van der Waals surface area contributed by atoms with Gasteiger partial charge >= 0.3 is 0 Å². The molecule has 98 valence electrons. The summed E-state index contributed by atoms with van der Waals surface area (Å²) in [6, 6.07) is 5.29. The zero-order chi connectivity index (χ0) is 13.4. The van der Waals surface area contributed by atoms with Gasteiger partial charge in [0.15, 0.2) is 0 Å². The Kier molecular flexibility index (Phi) is 6.64.